The maximum Gasteiger partial charge on any atom is 0.0922 e. The van der Waals surface area contributed by atoms with E-state index < -0.39 is 6.10 Å². The number of halogens is 1. The van der Waals surface area contributed by atoms with Crippen LogP contribution in [0.5, 0.6) is 0 Å². The Morgan fingerprint density at radius 1 is 0.889 bits per heavy atom. The van der Waals surface area contributed by atoms with Crippen LogP contribution in [-0.4, -0.2) is 29.6 Å². The van der Waals surface area contributed by atoms with Crippen LogP contribution >= 0.6 is 11.6 Å². The number of hydrogen-bond acceptors (Lipinski definition) is 2. The van der Waals surface area contributed by atoms with Gasteiger partial charge in [0.25, 0.3) is 0 Å². The highest BCUT2D eigenvalue weighted by Crippen LogP contribution is 2.27. The van der Waals surface area contributed by atoms with Crippen LogP contribution in [0.3, 0.4) is 0 Å². The molecule has 150 valence electrons. The smallest absolute Gasteiger partial charge is 0.0922 e. The Kier molecular flexibility index (Phi) is 10.2. The molecule has 0 amide bonds. The molecule has 0 spiro atoms. The van der Waals surface area contributed by atoms with Gasteiger partial charge in [0.1, 0.15) is 0 Å². The molecular formula is C24H36ClNO. The lowest BCUT2D eigenvalue weighted by Gasteiger charge is -2.26. The zero-order valence-electron chi connectivity index (χ0n) is 17.1. The Morgan fingerprint density at radius 2 is 1.56 bits per heavy atom. The molecule has 0 saturated heterocycles. The standard InChI is InChI=1S/C24H36ClNO/c1-3-5-7-9-16-26(17-10-8-6-4-2)19-24(27)22-13-11-12-20-14-15-21(25)18-23(20)22/h11-15,18,24,27H,3-10,16-17,19H2,1-2H3. The third-order valence-electron chi connectivity index (χ3n) is 5.32. The van der Waals surface area contributed by atoms with E-state index in [0.29, 0.717) is 6.54 Å². The van der Waals surface area contributed by atoms with Gasteiger partial charge in [0.05, 0.1) is 6.10 Å². The van der Waals surface area contributed by atoms with Gasteiger partial charge in [-0.05, 0) is 54.4 Å². The van der Waals surface area contributed by atoms with E-state index in [2.05, 4.69) is 24.8 Å². The number of aliphatic hydroxyl groups excluding tert-OH is 1. The summed E-state index contributed by atoms with van der Waals surface area (Å²) in [6.07, 6.45) is 9.63. The Bertz CT molecular complexity index is 660. The van der Waals surface area contributed by atoms with Crippen LogP contribution in [0.15, 0.2) is 36.4 Å². The molecule has 27 heavy (non-hydrogen) atoms. The van der Waals surface area contributed by atoms with Crippen molar-refractivity contribution in [3.05, 3.63) is 47.0 Å². The average Bonchev–Trinajstić information content (AvgIpc) is 2.67. The molecule has 0 aliphatic rings. The van der Waals surface area contributed by atoms with E-state index >= 15 is 0 Å². The SMILES string of the molecule is CCCCCCN(CCCCCC)CC(O)c1cccc2ccc(Cl)cc12. The van der Waals surface area contributed by atoms with Crippen molar-refractivity contribution in [2.24, 2.45) is 0 Å². The van der Waals surface area contributed by atoms with E-state index in [0.717, 1.165) is 34.4 Å². The molecule has 0 aliphatic heterocycles. The Labute approximate surface area is 170 Å². The van der Waals surface area contributed by atoms with Crippen molar-refractivity contribution in [1.29, 1.82) is 0 Å². The predicted octanol–water partition coefficient (Wildman–Crippen LogP) is 6.99. The van der Waals surface area contributed by atoms with Crippen LogP contribution in [0, 0.1) is 0 Å². The van der Waals surface area contributed by atoms with Gasteiger partial charge < -0.3 is 10.0 Å². The number of benzene rings is 2. The second-order valence-corrected chi connectivity index (χ2v) is 8.09. The van der Waals surface area contributed by atoms with E-state index in [1.807, 2.05) is 30.3 Å². The van der Waals surface area contributed by atoms with Crippen molar-refractivity contribution in [1.82, 2.24) is 4.90 Å². The lowest BCUT2D eigenvalue weighted by atomic mass is 10.00. The molecule has 1 unspecified atom stereocenters. The minimum atomic E-state index is -0.482. The number of hydrogen-bond donors (Lipinski definition) is 1. The topological polar surface area (TPSA) is 23.5 Å². The van der Waals surface area contributed by atoms with Crippen molar-refractivity contribution in [3.8, 4) is 0 Å². The molecule has 1 atom stereocenters. The summed E-state index contributed by atoms with van der Waals surface area (Å²) in [6.45, 7) is 7.35. The first-order valence-electron chi connectivity index (χ1n) is 10.7. The molecule has 2 nitrogen and oxygen atoms in total. The highest BCUT2D eigenvalue weighted by Gasteiger charge is 2.16. The number of nitrogens with zero attached hydrogens (tertiary/aromatic N) is 1. The van der Waals surface area contributed by atoms with E-state index in [9.17, 15) is 5.11 Å². The third kappa shape index (κ3) is 7.44. The van der Waals surface area contributed by atoms with Gasteiger partial charge in [0, 0.05) is 11.6 Å². The summed E-state index contributed by atoms with van der Waals surface area (Å²) in [5.74, 6) is 0. The van der Waals surface area contributed by atoms with Gasteiger partial charge in [-0.2, -0.15) is 0 Å². The quantitative estimate of drug-likeness (QED) is 0.373. The van der Waals surface area contributed by atoms with Crippen LogP contribution in [-0.2, 0) is 0 Å². The molecule has 0 fully saturated rings. The Hall–Kier alpha value is -1.09. The van der Waals surface area contributed by atoms with Crippen LogP contribution < -0.4 is 0 Å². The molecule has 0 heterocycles. The summed E-state index contributed by atoms with van der Waals surface area (Å²) in [5, 5.41) is 13.9. The van der Waals surface area contributed by atoms with Crippen molar-refractivity contribution < 1.29 is 5.11 Å². The first kappa shape index (κ1) is 22.2. The zero-order valence-corrected chi connectivity index (χ0v) is 17.8. The van der Waals surface area contributed by atoms with Crippen LogP contribution in [0.25, 0.3) is 10.8 Å². The lowest BCUT2D eigenvalue weighted by Crippen LogP contribution is -2.31. The Morgan fingerprint density at radius 3 is 2.19 bits per heavy atom. The van der Waals surface area contributed by atoms with Gasteiger partial charge in [-0.1, -0.05) is 88.2 Å². The van der Waals surface area contributed by atoms with Gasteiger partial charge in [0.2, 0.25) is 0 Å². The van der Waals surface area contributed by atoms with Gasteiger partial charge in [-0.25, -0.2) is 0 Å². The van der Waals surface area contributed by atoms with Crippen molar-refractivity contribution in [2.75, 3.05) is 19.6 Å². The summed E-state index contributed by atoms with van der Waals surface area (Å²) >= 11 is 6.21. The minimum absolute atomic E-state index is 0.482. The highest BCUT2D eigenvalue weighted by molar-refractivity contribution is 6.31. The molecule has 2 aromatic carbocycles. The number of aliphatic hydroxyl groups is 1. The van der Waals surface area contributed by atoms with Crippen molar-refractivity contribution >= 4 is 22.4 Å². The maximum absolute atomic E-state index is 11.0. The molecule has 0 radical (unpaired) electrons. The second-order valence-electron chi connectivity index (χ2n) is 7.65. The van der Waals surface area contributed by atoms with Crippen LogP contribution in [0.4, 0.5) is 0 Å². The highest BCUT2D eigenvalue weighted by atomic mass is 35.5. The molecule has 2 aromatic rings. The normalized spacial score (nSPS) is 12.8. The lowest BCUT2D eigenvalue weighted by molar-refractivity contribution is 0.111. The Balaban J connectivity index is 2.04. The summed E-state index contributed by atoms with van der Waals surface area (Å²) in [6, 6.07) is 12.1. The molecular weight excluding hydrogens is 354 g/mol. The monoisotopic (exact) mass is 389 g/mol. The zero-order chi connectivity index (χ0) is 19.5. The van der Waals surface area contributed by atoms with Gasteiger partial charge in [0.15, 0.2) is 0 Å². The molecule has 3 heteroatoms. The minimum Gasteiger partial charge on any atom is -0.387 e. The summed E-state index contributed by atoms with van der Waals surface area (Å²) in [7, 11) is 0. The molecule has 0 saturated carbocycles. The first-order chi connectivity index (χ1) is 13.2. The van der Waals surface area contributed by atoms with E-state index in [-0.39, 0.29) is 0 Å². The largest absolute Gasteiger partial charge is 0.387 e. The molecule has 0 aromatic heterocycles. The molecule has 2 rings (SSSR count). The van der Waals surface area contributed by atoms with Gasteiger partial charge >= 0.3 is 0 Å². The van der Waals surface area contributed by atoms with E-state index in [4.69, 9.17) is 11.6 Å². The summed E-state index contributed by atoms with van der Waals surface area (Å²) in [4.78, 5) is 2.46. The van der Waals surface area contributed by atoms with Crippen LogP contribution in [0.1, 0.15) is 76.9 Å². The predicted molar refractivity (Wildman–Crippen MR) is 119 cm³/mol. The molecule has 0 bridgehead atoms. The van der Waals surface area contributed by atoms with E-state index in [1.54, 1.807) is 0 Å². The van der Waals surface area contributed by atoms with Crippen LogP contribution in [0.2, 0.25) is 5.02 Å². The summed E-state index contributed by atoms with van der Waals surface area (Å²) < 4.78 is 0. The number of rotatable bonds is 13. The van der Waals surface area contributed by atoms with Crippen molar-refractivity contribution in [3.63, 3.8) is 0 Å². The fourth-order valence-electron chi connectivity index (χ4n) is 3.72. The van der Waals surface area contributed by atoms with E-state index in [1.165, 1.54) is 51.4 Å². The third-order valence-corrected chi connectivity index (χ3v) is 5.56. The fraction of sp³-hybridized carbons (Fsp3) is 0.583. The maximum atomic E-state index is 11.0. The molecule has 1 N–H and O–H groups in total. The number of unbranched alkanes of at least 4 members (excludes halogenated alkanes) is 6. The van der Waals surface area contributed by atoms with Gasteiger partial charge in [-0.15, -0.1) is 0 Å². The summed E-state index contributed by atoms with van der Waals surface area (Å²) in [5.41, 5.74) is 0.988. The van der Waals surface area contributed by atoms with Crippen molar-refractivity contribution in [2.45, 2.75) is 71.3 Å². The fourth-order valence-corrected chi connectivity index (χ4v) is 3.89. The van der Waals surface area contributed by atoms with Gasteiger partial charge in [-0.3, -0.25) is 0 Å². The average molecular weight is 390 g/mol. The second kappa shape index (κ2) is 12.4. The molecule has 0 aliphatic carbocycles. The first-order valence-corrected chi connectivity index (χ1v) is 11.1. The number of fused-ring (bicyclic) bond motifs is 1.